The van der Waals surface area contributed by atoms with Gasteiger partial charge in [0.2, 0.25) is 0 Å². The lowest BCUT2D eigenvalue weighted by Crippen LogP contribution is -2.42. The molecule has 0 bridgehead atoms. The summed E-state index contributed by atoms with van der Waals surface area (Å²) in [6.45, 7) is 6.52. The van der Waals surface area contributed by atoms with Crippen molar-refractivity contribution in [3.05, 3.63) is 47.5 Å². The monoisotopic (exact) mass is 288 g/mol. The molecule has 1 unspecified atom stereocenters. The third kappa shape index (κ3) is 2.99. The van der Waals surface area contributed by atoms with Gasteiger partial charge in [-0.05, 0) is 31.9 Å². The summed E-state index contributed by atoms with van der Waals surface area (Å²) < 4.78 is 1.89. The number of hydrogen-bond acceptors (Lipinski definition) is 4. The van der Waals surface area contributed by atoms with Gasteiger partial charge in [-0.25, -0.2) is 9.67 Å². The van der Waals surface area contributed by atoms with Crippen molar-refractivity contribution in [1.29, 1.82) is 0 Å². The van der Waals surface area contributed by atoms with Crippen LogP contribution in [0, 0.1) is 6.92 Å². The predicted octanol–water partition coefficient (Wildman–Crippen LogP) is 1.60. The van der Waals surface area contributed by atoms with Crippen LogP contribution in [0.1, 0.15) is 36.8 Å². The second-order valence-corrected chi connectivity index (χ2v) is 5.85. The molecule has 1 heterocycles. The highest BCUT2D eigenvalue weighted by molar-refractivity contribution is 5.35. The van der Waals surface area contributed by atoms with Gasteiger partial charge in [-0.1, -0.05) is 24.3 Å². The predicted molar refractivity (Wildman–Crippen MR) is 83.1 cm³/mol. The Morgan fingerprint density at radius 2 is 2.05 bits per heavy atom. The Labute approximate surface area is 125 Å². The average molecular weight is 288 g/mol. The molecular formula is C16H24N4O. The molecule has 0 saturated heterocycles. The molecule has 21 heavy (non-hydrogen) atoms. The zero-order valence-corrected chi connectivity index (χ0v) is 13.0. The summed E-state index contributed by atoms with van der Waals surface area (Å²) in [6, 6.07) is 8.29. The Bertz CT molecular complexity index is 587. The third-order valence-corrected chi connectivity index (χ3v) is 4.04. The molecular weight excluding hydrogens is 264 g/mol. The summed E-state index contributed by atoms with van der Waals surface area (Å²) in [7, 11) is 0. The molecule has 1 aromatic carbocycles. The first-order valence-electron chi connectivity index (χ1n) is 7.29. The minimum absolute atomic E-state index is 0.0146. The lowest BCUT2D eigenvalue weighted by Gasteiger charge is -2.32. The highest BCUT2D eigenvalue weighted by Crippen LogP contribution is 2.29. The molecule has 114 valence electrons. The fraction of sp³-hybridized carbons (Fsp3) is 0.500. The molecule has 2 rings (SSSR count). The Morgan fingerprint density at radius 3 is 2.62 bits per heavy atom. The zero-order valence-electron chi connectivity index (χ0n) is 13.0. The van der Waals surface area contributed by atoms with Crippen LogP contribution in [0.2, 0.25) is 0 Å². The molecule has 0 spiro atoms. The second kappa shape index (κ2) is 6.37. The Morgan fingerprint density at radius 1 is 1.33 bits per heavy atom. The summed E-state index contributed by atoms with van der Waals surface area (Å²) in [5, 5.41) is 14.3. The number of nitrogens with two attached hydrogens (primary N) is 1. The fourth-order valence-electron chi connectivity index (χ4n) is 2.79. The summed E-state index contributed by atoms with van der Waals surface area (Å²) in [4.78, 5) is 4.36. The fourth-order valence-corrected chi connectivity index (χ4v) is 2.79. The first kappa shape index (κ1) is 15.7. The Balaban J connectivity index is 2.44. The van der Waals surface area contributed by atoms with Crippen LogP contribution in [0.4, 0.5) is 0 Å². The Hall–Kier alpha value is -1.72. The first-order chi connectivity index (χ1) is 10.0. The molecule has 0 fully saturated rings. The van der Waals surface area contributed by atoms with Crippen LogP contribution in [0.15, 0.2) is 30.6 Å². The van der Waals surface area contributed by atoms with E-state index >= 15 is 0 Å². The van der Waals surface area contributed by atoms with E-state index in [9.17, 15) is 5.11 Å². The van der Waals surface area contributed by atoms with Gasteiger partial charge in [-0.15, -0.1) is 0 Å². The molecule has 0 amide bonds. The normalized spacial score (nSPS) is 14.4. The van der Waals surface area contributed by atoms with Crippen LogP contribution in [0.3, 0.4) is 0 Å². The van der Waals surface area contributed by atoms with E-state index in [4.69, 9.17) is 5.73 Å². The van der Waals surface area contributed by atoms with Gasteiger partial charge >= 0.3 is 0 Å². The van der Waals surface area contributed by atoms with Crippen molar-refractivity contribution in [2.75, 3.05) is 13.2 Å². The molecule has 0 aliphatic rings. The summed E-state index contributed by atoms with van der Waals surface area (Å²) in [6.07, 6.45) is 2.13. The van der Waals surface area contributed by atoms with E-state index in [1.54, 1.807) is 6.33 Å². The summed E-state index contributed by atoms with van der Waals surface area (Å²) in [5.74, 6) is 0.854. The number of aromatic nitrogens is 3. The number of benzene rings is 1. The molecule has 0 aliphatic carbocycles. The smallest absolute Gasteiger partial charge is 0.138 e. The maximum atomic E-state index is 10.0. The van der Waals surface area contributed by atoms with E-state index in [0.29, 0.717) is 13.0 Å². The van der Waals surface area contributed by atoms with Crippen LogP contribution < -0.4 is 5.73 Å². The van der Waals surface area contributed by atoms with E-state index < -0.39 is 5.41 Å². The molecule has 5 nitrogen and oxygen atoms in total. The minimum atomic E-state index is -0.523. The minimum Gasteiger partial charge on any atom is -0.395 e. The van der Waals surface area contributed by atoms with Crippen molar-refractivity contribution in [2.45, 2.75) is 38.6 Å². The number of nitrogens with zero attached hydrogens (tertiary/aromatic N) is 3. The van der Waals surface area contributed by atoms with Gasteiger partial charge in [0.1, 0.15) is 12.2 Å². The number of aliphatic hydroxyl groups excluding tert-OH is 1. The topological polar surface area (TPSA) is 77.0 Å². The number of rotatable bonds is 6. The highest BCUT2D eigenvalue weighted by atomic mass is 16.3. The lowest BCUT2D eigenvalue weighted by atomic mass is 9.76. The van der Waals surface area contributed by atoms with Crippen molar-refractivity contribution in [1.82, 2.24) is 14.8 Å². The molecule has 2 aromatic rings. The van der Waals surface area contributed by atoms with Crippen LogP contribution >= 0.6 is 0 Å². The standard InChI is InChI=1S/C16H24N4O/c1-12(2)20-15(18-11-19-20)8-16(9-17,10-21)14-7-5-4-6-13(14)3/h4-7,11-12,21H,8-10,17H2,1-3H3. The summed E-state index contributed by atoms with van der Waals surface area (Å²) >= 11 is 0. The number of aliphatic hydroxyl groups is 1. The van der Waals surface area contributed by atoms with E-state index in [1.807, 2.05) is 35.9 Å². The van der Waals surface area contributed by atoms with Crippen molar-refractivity contribution in [2.24, 2.45) is 5.73 Å². The largest absolute Gasteiger partial charge is 0.395 e. The number of aryl methyl sites for hydroxylation is 1. The van der Waals surface area contributed by atoms with Gasteiger partial charge in [0, 0.05) is 24.4 Å². The van der Waals surface area contributed by atoms with Crippen molar-refractivity contribution in [3.63, 3.8) is 0 Å². The van der Waals surface area contributed by atoms with Crippen molar-refractivity contribution < 1.29 is 5.11 Å². The van der Waals surface area contributed by atoms with Gasteiger partial charge in [0.05, 0.1) is 6.61 Å². The SMILES string of the molecule is Cc1ccccc1C(CN)(CO)Cc1ncnn1C(C)C. The van der Waals surface area contributed by atoms with Gasteiger partial charge < -0.3 is 10.8 Å². The molecule has 0 saturated carbocycles. The van der Waals surface area contributed by atoms with Crippen LogP contribution in [0.25, 0.3) is 0 Å². The van der Waals surface area contributed by atoms with Crippen molar-refractivity contribution >= 4 is 0 Å². The van der Waals surface area contributed by atoms with E-state index in [-0.39, 0.29) is 12.6 Å². The van der Waals surface area contributed by atoms with Gasteiger partial charge in [-0.2, -0.15) is 5.10 Å². The summed E-state index contributed by atoms with van der Waals surface area (Å²) in [5.41, 5.74) is 7.73. The van der Waals surface area contributed by atoms with Gasteiger partial charge in [-0.3, -0.25) is 0 Å². The maximum absolute atomic E-state index is 10.0. The molecule has 1 atom stereocenters. The quantitative estimate of drug-likeness (QED) is 0.846. The highest BCUT2D eigenvalue weighted by Gasteiger charge is 2.33. The third-order valence-electron chi connectivity index (χ3n) is 4.04. The first-order valence-corrected chi connectivity index (χ1v) is 7.29. The Kier molecular flexibility index (Phi) is 4.75. The lowest BCUT2D eigenvalue weighted by molar-refractivity contribution is 0.191. The van der Waals surface area contributed by atoms with Gasteiger partial charge in [0.15, 0.2) is 0 Å². The number of hydrogen-bond donors (Lipinski definition) is 2. The van der Waals surface area contributed by atoms with E-state index in [2.05, 4.69) is 23.9 Å². The molecule has 1 aromatic heterocycles. The van der Waals surface area contributed by atoms with Crippen LogP contribution in [-0.2, 0) is 11.8 Å². The van der Waals surface area contributed by atoms with E-state index in [0.717, 1.165) is 17.0 Å². The maximum Gasteiger partial charge on any atom is 0.138 e. The van der Waals surface area contributed by atoms with Crippen LogP contribution in [-0.4, -0.2) is 33.0 Å². The van der Waals surface area contributed by atoms with Gasteiger partial charge in [0.25, 0.3) is 0 Å². The molecule has 0 aliphatic heterocycles. The zero-order chi connectivity index (χ0) is 15.5. The molecule has 5 heteroatoms. The van der Waals surface area contributed by atoms with Crippen LogP contribution in [0.5, 0.6) is 0 Å². The average Bonchev–Trinajstić information content (AvgIpc) is 2.94. The van der Waals surface area contributed by atoms with E-state index in [1.165, 1.54) is 0 Å². The molecule has 3 N–H and O–H groups in total. The molecule has 0 radical (unpaired) electrons. The second-order valence-electron chi connectivity index (χ2n) is 5.85. The van der Waals surface area contributed by atoms with Crippen molar-refractivity contribution in [3.8, 4) is 0 Å².